The lowest BCUT2D eigenvalue weighted by molar-refractivity contribution is -0.137. The molecule has 0 bridgehead atoms. The molecule has 1 amide bonds. The smallest absolute Gasteiger partial charge is 0.416 e. The van der Waals surface area contributed by atoms with Crippen molar-refractivity contribution in [3.63, 3.8) is 0 Å². The van der Waals surface area contributed by atoms with E-state index in [1.807, 2.05) is 0 Å². The zero-order valence-electron chi connectivity index (χ0n) is 16.0. The first-order valence-corrected chi connectivity index (χ1v) is 9.63. The SMILES string of the molecule is Cc1ccc(C(F)(F)F)cc1.O=C(COc1ccc(CO)cc1)N1CCC(S)C1. The highest BCUT2D eigenvalue weighted by atomic mass is 32.1. The van der Waals surface area contributed by atoms with Gasteiger partial charge in [0.05, 0.1) is 12.2 Å². The van der Waals surface area contributed by atoms with Crippen molar-refractivity contribution in [2.24, 2.45) is 0 Å². The molecule has 1 aliphatic heterocycles. The number of carbonyl (C=O) groups excluding carboxylic acids is 1. The molecule has 0 saturated carbocycles. The number of aliphatic hydroxyl groups excluding tert-OH is 1. The van der Waals surface area contributed by atoms with E-state index in [9.17, 15) is 18.0 Å². The summed E-state index contributed by atoms with van der Waals surface area (Å²) in [5, 5.41) is 9.20. The molecule has 29 heavy (non-hydrogen) atoms. The van der Waals surface area contributed by atoms with Crippen LogP contribution in [0.25, 0.3) is 0 Å². The second kappa shape index (κ2) is 10.5. The number of rotatable bonds is 4. The molecule has 1 N–H and O–H groups in total. The highest BCUT2D eigenvalue weighted by molar-refractivity contribution is 7.81. The zero-order chi connectivity index (χ0) is 21.4. The number of aliphatic hydroxyl groups is 1. The predicted molar refractivity (Wildman–Crippen MR) is 108 cm³/mol. The zero-order valence-corrected chi connectivity index (χ0v) is 16.9. The number of alkyl halides is 3. The minimum Gasteiger partial charge on any atom is -0.484 e. The summed E-state index contributed by atoms with van der Waals surface area (Å²) in [5.74, 6) is 0.639. The van der Waals surface area contributed by atoms with E-state index in [1.165, 1.54) is 12.1 Å². The molecule has 0 aliphatic carbocycles. The molecular weight excluding hydrogens is 403 g/mol. The molecule has 0 aromatic heterocycles. The van der Waals surface area contributed by atoms with Gasteiger partial charge < -0.3 is 14.7 Å². The first kappa shape index (κ1) is 23.1. The van der Waals surface area contributed by atoms with Crippen LogP contribution >= 0.6 is 12.6 Å². The standard InChI is InChI=1S/C13H17NO3S.C8H7F3/c15-8-10-1-3-11(4-2-10)17-9-13(16)14-6-5-12(18)7-14;1-6-2-4-7(5-3-6)8(9,10)11/h1-4,12,15,18H,5-9H2;2-5H,1H3. The number of carbonyl (C=O) groups is 1. The van der Waals surface area contributed by atoms with E-state index >= 15 is 0 Å². The minimum atomic E-state index is -4.21. The van der Waals surface area contributed by atoms with E-state index < -0.39 is 11.7 Å². The normalized spacial score (nSPS) is 16.2. The van der Waals surface area contributed by atoms with E-state index in [1.54, 1.807) is 36.1 Å². The summed E-state index contributed by atoms with van der Waals surface area (Å²) in [6.45, 7) is 3.28. The summed E-state index contributed by atoms with van der Waals surface area (Å²) in [6, 6.07) is 12.1. The number of hydrogen-bond acceptors (Lipinski definition) is 4. The van der Waals surface area contributed by atoms with Gasteiger partial charge in [0.2, 0.25) is 0 Å². The lowest BCUT2D eigenvalue weighted by Crippen LogP contribution is -2.33. The van der Waals surface area contributed by atoms with Gasteiger partial charge in [0.25, 0.3) is 5.91 Å². The third kappa shape index (κ3) is 7.62. The third-order valence-electron chi connectivity index (χ3n) is 4.36. The lowest BCUT2D eigenvalue weighted by Gasteiger charge is -2.16. The van der Waals surface area contributed by atoms with Crippen LogP contribution in [0.3, 0.4) is 0 Å². The Hall–Kier alpha value is -2.19. The van der Waals surface area contributed by atoms with Gasteiger partial charge in [-0.1, -0.05) is 29.8 Å². The van der Waals surface area contributed by atoms with Gasteiger partial charge >= 0.3 is 6.18 Å². The molecule has 1 atom stereocenters. The predicted octanol–water partition coefficient (Wildman–Crippen LogP) is 4.10. The number of hydrogen-bond donors (Lipinski definition) is 2. The molecule has 158 valence electrons. The Bertz CT molecular complexity index is 779. The number of ether oxygens (including phenoxy) is 1. The second-order valence-corrected chi connectivity index (χ2v) is 7.47. The average Bonchev–Trinajstić information content (AvgIpc) is 3.13. The van der Waals surface area contributed by atoms with Crippen molar-refractivity contribution in [2.45, 2.75) is 31.4 Å². The number of likely N-dealkylation sites (tertiary alicyclic amines) is 1. The Balaban J connectivity index is 0.000000234. The lowest BCUT2D eigenvalue weighted by atomic mass is 10.1. The van der Waals surface area contributed by atoms with Crippen LogP contribution < -0.4 is 4.74 Å². The fourth-order valence-electron chi connectivity index (χ4n) is 2.64. The second-order valence-electron chi connectivity index (χ2n) is 6.74. The monoisotopic (exact) mass is 427 g/mol. The maximum atomic E-state index is 11.9. The van der Waals surface area contributed by atoms with Crippen molar-refractivity contribution in [2.75, 3.05) is 19.7 Å². The van der Waals surface area contributed by atoms with Crippen LogP contribution in [0.15, 0.2) is 48.5 Å². The molecule has 2 aromatic carbocycles. The Morgan fingerprint density at radius 3 is 2.28 bits per heavy atom. The fraction of sp³-hybridized carbons (Fsp3) is 0.381. The third-order valence-corrected chi connectivity index (χ3v) is 4.78. The van der Waals surface area contributed by atoms with Crippen molar-refractivity contribution >= 4 is 18.5 Å². The molecule has 0 spiro atoms. The van der Waals surface area contributed by atoms with Crippen LogP contribution in [0.2, 0.25) is 0 Å². The van der Waals surface area contributed by atoms with Crippen LogP contribution in [0, 0.1) is 6.92 Å². The largest absolute Gasteiger partial charge is 0.484 e. The van der Waals surface area contributed by atoms with Gasteiger partial charge in [-0.2, -0.15) is 25.8 Å². The molecular formula is C21H24F3NO3S. The highest BCUT2D eigenvalue weighted by Gasteiger charge is 2.29. The summed E-state index contributed by atoms with van der Waals surface area (Å²) in [5.41, 5.74) is 1.06. The van der Waals surface area contributed by atoms with Gasteiger partial charge in [-0.15, -0.1) is 0 Å². The van der Waals surface area contributed by atoms with Crippen LogP contribution in [-0.2, 0) is 17.6 Å². The molecule has 1 unspecified atom stereocenters. The first-order valence-electron chi connectivity index (χ1n) is 9.11. The number of nitrogens with zero attached hydrogens (tertiary/aromatic N) is 1. The summed E-state index contributed by atoms with van der Waals surface area (Å²) in [7, 11) is 0. The van der Waals surface area contributed by atoms with Crippen molar-refractivity contribution in [1.29, 1.82) is 0 Å². The molecule has 3 rings (SSSR count). The summed E-state index contributed by atoms with van der Waals surface area (Å²) in [4.78, 5) is 13.6. The van der Waals surface area contributed by atoms with Crippen molar-refractivity contribution in [3.8, 4) is 5.75 Å². The van der Waals surface area contributed by atoms with Gasteiger partial charge in [-0.25, -0.2) is 0 Å². The van der Waals surface area contributed by atoms with E-state index in [0.29, 0.717) is 12.3 Å². The Morgan fingerprint density at radius 2 is 1.79 bits per heavy atom. The van der Waals surface area contributed by atoms with Gasteiger partial charge in [0.15, 0.2) is 6.61 Å². The molecule has 1 saturated heterocycles. The molecule has 1 fully saturated rings. The summed E-state index contributed by atoms with van der Waals surface area (Å²) >= 11 is 4.35. The van der Waals surface area contributed by atoms with Crippen molar-refractivity contribution < 1.29 is 27.8 Å². The number of amides is 1. The molecule has 1 aliphatic rings. The van der Waals surface area contributed by atoms with Crippen molar-refractivity contribution in [3.05, 3.63) is 65.2 Å². The highest BCUT2D eigenvalue weighted by Crippen LogP contribution is 2.28. The number of halogens is 3. The minimum absolute atomic E-state index is 0.00205. The number of thiol groups is 1. The van der Waals surface area contributed by atoms with Gasteiger partial charge in [-0.05, 0) is 43.2 Å². The molecule has 0 radical (unpaired) electrons. The Morgan fingerprint density at radius 1 is 1.17 bits per heavy atom. The Labute approximate surface area is 173 Å². The van der Waals surface area contributed by atoms with Crippen molar-refractivity contribution in [1.82, 2.24) is 4.90 Å². The topological polar surface area (TPSA) is 49.8 Å². The first-order chi connectivity index (χ1) is 13.7. The molecule has 4 nitrogen and oxygen atoms in total. The van der Waals surface area contributed by atoms with E-state index in [0.717, 1.165) is 36.2 Å². The van der Waals surface area contributed by atoms with E-state index in [2.05, 4.69) is 12.6 Å². The molecule has 8 heteroatoms. The van der Waals surface area contributed by atoms with Crippen LogP contribution in [-0.4, -0.2) is 40.9 Å². The quantitative estimate of drug-likeness (QED) is 0.723. The van der Waals surface area contributed by atoms with Gasteiger partial charge in [0, 0.05) is 18.3 Å². The molecule has 1 heterocycles. The van der Waals surface area contributed by atoms with E-state index in [-0.39, 0.29) is 24.4 Å². The number of aryl methyl sites for hydroxylation is 1. The fourth-order valence-corrected chi connectivity index (χ4v) is 2.95. The van der Waals surface area contributed by atoms with Crippen LogP contribution in [0.5, 0.6) is 5.75 Å². The average molecular weight is 427 g/mol. The number of benzene rings is 2. The van der Waals surface area contributed by atoms with Gasteiger partial charge in [0.1, 0.15) is 5.75 Å². The van der Waals surface area contributed by atoms with Crippen LogP contribution in [0.4, 0.5) is 13.2 Å². The maximum absolute atomic E-state index is 11.9. The molecule has 2 aromatic rings. The summed E-state index contributed by atoms with van der Waals surface area (Å²) < 4.78 is 41.2. The Kier molecular flexibility index (Phi) is 8.40. The maximum Gasteiger partial charge on any atom is 0.416 e. The van der Waals surface area contributed by atoms with Crippen LogP contribution in [0.1, 0.15) is 23.1 Å². The summed E-state index contributed by atoms with van der Waals surface area (Å²) in [6.07, 6.45) is -3.27. The van der Waals surface area contributed by atoms with E-state index in [4.69, 9.17) is 9.84 Å². The van der Waals surface area contributed by atoms with Gasteiger partial charge in [-0.3, -0.25) is 4.79 Å².